The van der Waals surface area contributed by atoms with E-state index in [1.807, 2.05) is 18.2 Å². The van der Waals surface area contributed by atoms with Gasteiger partial charge in [-0.05, 0) is 36.8 Å². The molecule has 0 saturated carbocycles. The molecule has 7 nitrogen and oxygen atoms in total. The molecule has 0 atom stereocenters. The summed E-state index contributed by atoms with van der Waals surface area (Å²) in [7, 11) is -3.45. The normalized spacial score (nSPS) is 19.8. The maximum atomic E-state index is 13.0. The molecule has 1 aromatic carbocycles. The average molecular weight is 422 g/mol. The van der Waals surface area contributed by atoms with E-state index in [1.54, 1.807) is 21.3 Å². The highest BCUT2D eigenvalue weighted by atomic mass is 32.2. The molecule has 2 aliphatic rings. The fourth-order valence-corrected chi connectivity index (χ4v) is 6.42. The van der Waals surface area contributed by atoms with Crippen LogP contribution in [0.1, 0.15) is 28.9 Å². The molecule has 4 rings (SSSR count). The molecule has 2 aliphatic heterocycles. The lowest BCUT2D eigenvalue weighted by Crippen LogP contribution is -2.44. The second-order valence-corrected chi connectivity index (χ2v) is 10.1. The first-order chi connectivity index (χ1) is 13.5. The van der Waals surface area contributed by atoms with Crippen molar-refractivity contribution in [1.29, 1.82) is 0 Å². The Morgan fingerprint density at radius 2 is 1.57 bits per heavy atom. The summed E-state index contributed by atoms with van der Waals surface area (Å²) in [5, 5.41) is 1.37. The van der Waals surface area contributed by atoms with Crippen molar-refractivity contribution in [1.82, 2.24) is 13.5 Å². The van der Waals surface area contributed by atoms with Gasteiger partial charge in [-0.15, -0.1) is 0 Å². The lowest BCUT2D eigenvalue weighted by molar-refractivity contribution is 0.0769. The molecule has 3 heterocycles. The first-order valence-corrected chi connectivity index (χ1v) is 11.8. The van der Waals surface area contributed by atoms with E-state index in [0.29, 0.717) is 49.4 Å². The average Bonchev–Trinajstić information content (AvgIpc) is 3.13. The maximum Gasteiger partial charge on any atom is 0.282 e. The molecule has 0 bridgehead atoms. The zero-order valence-corrected chi connectivity index (χ0v) is 17.2. The zero-order valence-electron chi connectivity index (χ0n) is 15.5. The Bertz CT molecular complexity index is 1040. The van der Waals surface area contributed by atoms with Crippen molar-refractivity contribution in [3.63, 3.8) is 0 Å². The SMILES string of the molecule is O=C(c1cc2ccccc2c(=O)s1)N1CCCN(S(=O)(=O)N2CCCC2)CC1. The monoisotopic (exact) mass is 421 g/mol. The van der Waals surface area contributed by atoms with E-state index in [0.717, 1.165) is 29.6 Å². The predicted octanol–water partition coefficient (Wildman–Crippen LogP) is 1.75. The minimum Gasteiger partial charge on any atom is -0.337 e. The van der Waals surface area contributed by atoms with Crippen LogP contribution in [0.3, 0.4) is 0 Å². The van der Waals surface area contributed by atoms with Crippen molar-refractivity contribution in [3.8, 4) is 0 Å². The quantitative estimate of drug-likeness (QED) is 0.757. The Morgan fingerprint density at radius 3 is 2.36 bits per heavy atom. The summed E-state index contributed by atoms with van der Waals surface area (Å²) in [5.74, 6) is -0.201. The molecular formula is C19H23N3O4S2. The molecule has 0 spiro atoms. The number of fused-ring (bicyclic) bond motifs is 1. The number of amides is 1. The molecule has 0 aliphatic carbocycles. The number of nitrogens with zero attached hydrogens (tertiary/aromatic N) is 3. The molecule has 0 radical (unpaired) electrons. The molecule has 28 heavy (non-hydrogen) atoms. The minimum absolute atomic E-state index is 0.130. The molecular weight excluding hydrogens is 398 g/mol. The summed E-state index contributed by atoms with van der Waals surface area (Å²) in [4.78, 5) is 27.4. The standard InChI is InChI=1S/C19H23N3O4S2/c23-18(17-14-15-6-1-2-7-16(15)19(24)27-17)20-8-5-11-22(13-12-20)28(25,26)21-9-3-4-10-21/h1-2,6-7,14H,3-5,8-13H2. The summed E-state index contributed by atoms with van der Waals surface area (Å²) < 4.78 is 28.5. The van der Waals surface area contributed by atoms with Gasteiger partial charge in [0.05, 0.1) is 4.88 Å². The van der Waals surface area contributed by atoms with Crippen LogP contribution >= 0.6 is 11.3 Å². The van der Waals surface area contributed by atoms with E-state index in [-0.39, 0.29) is 17.2 Å². The third-order valence-corrected chi connectivity index (χ3v) is 8.29. The topological polar surface area (TPSA) is 78.0 Å². The van der Waals surface area contributed by atoms with E-state index >= 15 is 0 Å². The molecule has 1 amide bonds. The lowest BCUT2D eigenvalue weighted by Gasteiger charge is -2.26. The van der Waals surface area contributed by atoms with Gasteiger partial charge in [-0.25, -0.2) is 0 Å². The van der Waals surface area contributed by atoms with Gasteiger partial charge in [-0.1, -0.05) is 29.5 Å². The van der Waals surface area contributed by atoms with E-state index in [9.17, 15) is 18.0 Å². The summed E-state index contributed by atoms with van der Waals surface area (Å²) >= 11 is 0.955. The zero-order chi connectivity index (χ0) is 19.7. The van der Waals surface area contributed by atoms with Crippen LogP contribution in [0, 0.1) is 0 Å². The van der Waals surface area contributed by atoms with Gasteiger partial charge in [0.2, 0.25) is 4.74 Å². The van der Waals surface area contributed by atoms with Crippen LogP contribution in [0.5, 0.6) is 0 Å². The minimum atomic E-state index is -3.45. The predicted molar refractivity (Wildman–Crippen MR) is 110 cm³/mol. The van der Waals surface area contributed by atoms with Gasteiger partial charge < -0.3 is 4.90 Å². The highest BCUT2D eigenvalue weighted by molar-refractivity contribution is 7.86. The molecule has 2 aromatic rings. The molecule has 2 saturated heterocycles. The summed E-state index contributed by atoms with van der Waals surface area (Å²) in [6.07, 6.45) is 2.39. The Morgan fingerprint density at radius 1 is 0.893 bits per heavy atom. The molecule has 2 fully saturated rings. The van der Waals surface area contributed by atoms with Crippen LogP contribution in [0.25, 0.3) is 10.8 Å². The van der Waals surface area contributed by atoms with Crippen LogP contribution < -0.4 is 4.74 Å². The highest BCUT2D eigenvalue weighted by Crippen LogP contribution is 2.20. The Labute approximate surface area is 168 Å². The third-order valence-electron chi connectivity index (χ3n) is 5.34. The first-order valence-electron chi connectivity index (χ1n) is 9.54. The smallest absolute Gasteiger partial charge is 0.282 e. The van der Waals surface area contributed by atoms with Crippen molar-refractivity contribution in [2.75, 3.05) is 39.3 Å². The maximum absolute atomic E-state index is 13.0. The van der Waals surface area contributed by atoms with Crippen molar-refractivity contribution in [3.05, 3.63) is 44.7 Å². The second-order valence-electron chi connectivity index (χ2n) is 7.14. The van der Waals surface area contributed by atoms with Gasteiger partial charge in [0.1, 0.15) is 0 Å². The fourth-order valence-electron chi connectivity index (χ4n) is 3.81. The van der Waals surface area contributed by atoms with E-state index < -0.39 is 10.2 Å². The summed E-state index contributed by atoms with van der Waals surface area (Å²) in [5.41, 5.74) is 0. The van der Waals surface area contributed by atoms with E-state index in [1.165, 1.54) is 4.31 Å². The van der Waals surface area contributed by atoms with Gasteiger partial charge in [0, 0.05) is 44.7 Å². The number of carbonyl (C=O) groups is 1. The Hall–Kier alpha value is -1.81. The van der Waals surface area contributed by atoms with Gasteiger partial charge >= 0.3 is 0 Å². The number of carbonyl (C=O) groups excluding carboxylic acids is 1. The number of rotatable bonds is 3. The molecule has 0 N–H and O–H groups in total. The van der Waals surface area contributed by atoms with Crippen molar-refractivity contribution in [2.45, 2.75) is 19.3 Å². The van der Waals surface area contributed by atoms with Crippen molar-refractivity contribution >= 4 is 38.2 Å². The van der Waals surface area contributed by atoms with Crippen molar-refractivity contribution in [2.24, 2.45) is 0 Å². The summed E-state index contributed by atoms with van der Waals surface area (Å²) in [6, 6.07) is 8.99. The number of benzene rings is 1. The lowest BCUT2D eigenvalue weighted by atomic mass is 10.2. The molecule has 150 valence electrons. The van der Waals surface area contributed by atoms with Crippen LogP contribution in [-0.2, 0) is 10.2 Å². The second kappa shape index (κ2) is 7.90. The van der Waals surface area contributed by atoms with Crippen LogP contribution in [0.4, 0.5) is 0 Å². The molecule has 9 heteroatoms. The Balaban J connectivity index is 1.51. The Kier molecular flexibility index (Phi) is 5.50. The van der Waals surface area contributed by atoms with Crippen molar-refractivity contribution < 1.29 is 13.2 Å². The highest BCUT2D eigenvalue weighted by Gasteiger charge is 2.33. The van der Waals surface area contributed by atoms with Gasteiger partial charge in [-0.3, -0.25) is 9.59 Å². The fraction of sp³-hybridized carbons (Fsp3) is 0.474. The largest absolute Gasteiger partial charge is 0.337 e. The van der Waals surface area contributed by atoms with Gasteiger partial charge in [0.15, 0.2) is 0 Å². The number of hydrogen-bond donors (Lipinski definition) is 0. The van der Waals surface area contributed by atoms with Gasteiger partial charge in [0.25, 0.3) is 16.1 Å². The first kappa shape index (κ1) is 19.5. The van der Waals surface area contributed by atoms with Crippen LogP contribution in [-0.4, -0.2) is 67.1 Å². The number of hydrogen-bond acceptors (Lipinski definition) is 5. The third kappa shape index (κ3) is 3.71. The van der Waals surface area contributed by atoms with Crippen LogP contribution in [0.15, 0.2) is 35.1 Å². The van der Waals surface area contributed by atoms with Crippen LogP contribution in [0.2, 0.25) is 0 Å². The summed E-state index contributed by atoms with van der Waals surface area (Å²) in [6.45, 7) is 2.67. The van der Waals surface area contributed by atoms with Gasteiger partial charge in [-0.2, -0.15) is 17.0 Å². The molecule has 0 unspecified atom stereocenters. The molecule has 1 aromatic heterocycles. The van der Waals surface area contributed by atoms with E-state index in [4.69, 9.17) is 0 Å². The van der Waals surface area contributed by atoms with E-state index in [2.05, 4.69) is 0 Å².